The van der Waals surface area contributed by atoms with Crippen LogP contribution in [0.4, 0.5) is 0 Å². The van der Waals surface area contributed by atoms with E-state index in [9.17, 15) is 4.79 Å². The van der Waals surface area contributed by atoms with E-state index in [-0.39, 0.29) is 5.91 Å². The highest BCUT2D eigenvalue weighted by Crippen LogP contribution is 2.19. The third-order valence-corrected chi connectivity index (χ3v) is 4.56. The summed E-state index contributed by atoms with van der Waals surface area (Å²) in [5.41, 5.74) is 1.73. The van der Waals surface area contributed by atoms with Gasteiger partial charge in [0.2, 0.25) is 4.96 Å². The quantitative estimate of drug-likeness (QED) is 0.755. The van der Waals surface area contributed by atoms with Crippen molar-refractivity contribution in [2.75, 3.05) is 0 Å². The molecular formula is C16H17ClN4O2S. The fourth-order valence-electron chi connectivity index (χ4n) is 2.30. The molecule has 0 spiro atoms. The number of amides is 1. The number of fused-ring (bicyclic) bond motifs is 1. The average Bonchev–Trinajstić information content (AvgIpc) is 3.00. The zero-order valence-electron chi connectivity index (χ0n) is 13.5. The van der Waals surface area contributed by atoms with E-state index >= 15 is 0 Å². The number of aryl methyl sites for hydroxylation is 2. The number of rotatable bonds is 5. The third kappa shape index (κ3) is 3.52. The van der Waals surface area contributed by atoms with Crippen LogP contribution in [0, 0.1) is 13.8 Å². The van der Waals surface area contributed by atoms with Crippen LogP contribution in [0.15, 0.2) is 24.3 Å². The maximum Gasteiger partial charge on any atom is 0.261 e. The summed E-state index contributed by atoms with van der Waals surface area (Å²) in [6.07, 6.45) is -0.635. The lowest BCUT2D eigenvalue weighted by atomic mass is 10.3. The number of hydrogen-bond donors (Lipinski definition) is 1. The lowest BCUT2D eigenvalue weighted by Gasteiger charge is -2.14. The van der Waals surface area contributed by atoms with Gasteiger partial charge in [-0.3, -0.25) is 4.79 Å². The summed E-state index contributed by atoms with van der Waals surface area (Å²) < 4.78 is 7.39. The molecule has 0 aliphatic carbocycles. The molecular weight excluding hydrogens is 348 g/mol. The number of aromatic nitrogens is 3. The number of carbonyl (C=O) groups is 1. The van der Waals surface area contributed by atoms with Gasteiger partial charge in [-0.15, -0.1) is 0 Å². The maximum absolute atomic E-state index is 12.3. The standard InChI is InChI=1S/C16H17ClN4O2S/c1-9-14(21-16(19-9)24-11(3)20-21)8-18-15(22)10(2)23-13-6-4-5-12(17)7-13/h4-7,10H,8H2,1-3H3,(H,18,22)/t10-/m1/s1. The van der Waals surface area contributed by atoms with E-state index in [1.54, 1.807) is 35.7 Å². The van der Waals surface area contributed by atoms with Gasteiger partial charge in [0, 0.05) is 5.02 Å². The molecule has 126 valence electrons. The molecule has 0 aliphatic heterocycles. The molecule has 2 aromatic heterocycles. The van der Waals surface area contributed by atoms with Gasteiger partial charge in [-0.2, -0.15) is 5.10 Å². The molecule has 3 rings (SSSR count). The van der Waals surface area contributed by atoms with Gasteiger partial charge in [-0.1, -0.05) is 29.0 Å². The molecule has 1 aromatic carbocycles. The van der Waals surface area contributed by atoms with Crippen molar-refractivity contribution in [3.63, 3.8) is 0 Å². The van der Waals surface area contributed by atoms with Gasteiger partial charge in [-0.25, -0.2) is 9.50 Å². The van der Waals surface area contributed by atoms with Crippen LogP contribution in [-0.2, 0) is 11.3 Å². The Morgan fingerprint density at radius 3 is 3.00 bits per heavy atom. The normalized spacial score (nSPS) is 12.3. The highest BCUT2D eigenvalue weighted by atomic mass is 35.5. The zero-order chi connectivity index (χ0) is 17.3. The monoisotopic (exact) mass is 364 g/mol. The first-order valence-corrected chi connectivity index (χ1v) is 8.65. The Bertz CT molecular complexity index is 889. The Morgan fingerprint density at radius 1 is 1.46 bits per heavy atom. The second-order valence-corrected chi connectivity index (χ2v) is 6.99. The number of ether oxygens (including phenoxy) is 1. The molecule has 3 aromatic rings. The first-order valence-electron chi connectivity index (χ1n) is 7.45. The number of benzene rings is 1. The summed E-state index contributed by atoms with van der Waals surface area (Å²) >= 11 is 7.44. The summed E-state index contributed by atoms with van der Waals surface area (Å²) in [5.74, 6) is 0.347. The van der Waals surface area contributed by atoms with E-state index in [0.717, 1.165) is 21.4 Å². The summed E-state index contributed by atoms with van der Waals surface area (Å²) in [4.78, 5) is 17.6. The number of nitrogens with zero attached hydrogens (tertiary/aromatic N) is 3. The van der Waals surface area contributed by atoms with Gasteiger partial charge in [0.15, 0.2) is 6.10 Å². The first-order chi connectivity index (χ1) is 11.4. The predicted octanol–water partition coefficient (Wildman–Crippen LogP) is 3.14. The van der Waals surface area contributed by atoms with Crippen molar-refractivity contribution in [2.45, 2.75) is 33.4 Å². The van der Waals surface area contributed by atoms with Crippen molar-refractivity contribution in [3.8, 4) is 5.75 Å². The molecule has 0 aliphatic rings. The van der Waals surface area contributed by atoms with Crippen LogP contribution in [0.25, 0.3) is 4.96 Å². The van der Waals surface area contributed by atoms with Gasteiger partial charge in [0.1, 0.15) is 10.8 Å². The lowest BCUT2D eigenvalue weighted by Crippen LogP contribution is -2.36. The van der Waals surface area contributed by atoms with Crippen molar-refractivity contribution in [1.82, 2.24) is 19.9 Å². The summed E-state index contributed by atoms with van der Waals surface area (Å²) in [6, 6.07) is 6.97. The Labute approximate surface area is 148 Å². The number of halogens is 1. The van der Waals surface area contributed by atoms with Gasteiger partial charge in [-0.05, 0) is 39.0 Å². The van der Waals surface area contributed by atoms with Crippen LogP contribution >= 0.6 is 22.9 Å². The molecule has 8 heteroatoms. The molecule has 1 N–H and O–H groups in total. The van der Waals surface area contributed by atoms with Crippen molar-refractivity contribution in [3.05, 3.63) is 45.7 Å². The number of carbonyl (C=O) groups excluding carboxylic acids is 1. The van der Waals surface area contributed by atoms with Crippen LogP contribution in [0.1, 0.15) is 23.3 Å². The van der Waals surface area contributed by atoms with E-state index in [1.165, 1.54) is 11.3 Å². The van der Waals surface area contributed by atoms with Crippen LogP contribution in [0.5, 0.6) is 5.75 Å². The summed E-state index contributed by atoms with van der Waals surface area (Å²) in [6.45, 7) is 5.88. The highest BCUT2D eigenvalue weighted by Gasteiger charge is 2.17. The van der Waals surface area contributed by atoms with E-state index in [2.05, 4.69) is 15.4 Å². The Morgan fingerprint density at radius 2 is 2.25 bits per heavy atom. The first kappa shape index (κ1) is 16.7. The molecule has 6 nitrogen and oxygen atoms in total. The SMILES string of the molecule is Cc1nn2c(CNC(=O)[C@@H](C)Oc3cccc(Cl)c3)c(C)nc2s1. The van der Waals surface area contributed by atoms with Gasteiger partial charge in [0.25, 0.3) is 5.91 Å². The molecule has 1 atom stereocenters. The molecule has 0 fully saturated rings. The van der Waals surface area contributed by atoms with Crippen molar-refractivity contribution in [1.29, 1.82) is 0 Å². The largest absolute Gasteiger partial charge is 0.481 e. The molecule has 24 heavy (non-hydrogen) atoms. The van der Waals surface area contributed by atoms with E-state index < -0.39 is 6.10 Å². The van der Waals surface area contributed by atoms with E-state index in [4.69, 9.17) is 16.3 Å². The van der Waals surface area contributed by atoms with Crippen molar-refractivity contribution >= 4 is 33.8 Å². The van der Waals surface area contributed by atoms with Gasteiger partial charge < -0.3 is 10.1 Å². The second-order valence-electron chi connectivity index (χ2n) is 5.39. The van der Waals surface area contributed by atoms with Crippen LogP contribution in [0.2, 0.25) is 5.02 Å². The molecule has 0 radical (unpaired) electrons. The molecule has 0 saturated heterocycles. The predicted molar refractivity (Wildman–Crippen MR) is 93.7 cm³/mol. The van der Waals surface area contributed by atoms with E-state index in [1.807, 2.05) is 13.8 Å². The third-order valence-electron chi connectivity index (χ3n) is 3.51. The number of hydrogen-bond acceptors (Lipinski definition) is 5. The average molecular weight is 365 g/mol. The number of imidazole rings is 1. The topological polar surface area (TPSA) is 68.5 Å². The smallest absolute Gasteiger partial charge is 0.261 e. The van der Waals surface area contributed by atoms with Gasteiger partial charge in [0.05, 0.1) is 17.9 Å². The van der Waals surface area contributed by atoms with Crippen molar-refractivity contribution in [2.24, 2.45) is 0 Å². The highest BCUT2D eigenvalue weighted by molar-refractivity contribution is 7.16. The number of nitrogens with one attached hydrogen (secondary N) is 1. The molecule has 1 amide bonds. The molecule has 0 saturated carbocycles. The van der Waals surface area contributed by atoms with Crippen molar-refractivity contribution < 1.29 is 9.53 Å². The molecule has 0 bridgehead atoms. The Kier molecular flexibility index (Phi) is 4.73. The fourth-order valence-corrected chi connectivity index (χ4v) is 3.29. The van der Waals surface area contributed by atoms with E-state index in [0.29, 0.717) is 17.3 Å². The fraction of sp³-hybridized carbons (Fsp3) is 0.312. The van der Waals surface area contributed by atoms with Crippen LogP contribution in [-0.4, -0.2) is 26.6 Å². The molecule has 0 unspecified atom stereocenters. The lowest BCUT2D eigenvalue weighted by molar-refractivity contribution is -0.127. The minimum absolute atomic E-state index is 0.212. The van der Waals surface area contributed by atoms with Crippen LogP contribution in [0.3, 0.4) is 0 Å². The minimum atomic E-state index is -0.635. The maximum atomic E-state index is 12.3. The molecule has 2 heterocycles. The Balaban J connectivity index is 1.64. The van der Waals surface area contributed by atoms with Crippen LogP contribution < -0.4 is 10.1 Å². The zero-order valence-corrected chi connectivity index (χ0v) is 15.1. The van der Waals surface area contributed by atoms with Gasteiger partial charge >= 0.3 is 0 Å². The second kappa shape index (κ2) is 6.78. The summed E-state index contributed by atoms with van der Waals surface area (Å²) in [5, 5.41) is 8.78. The Hall–Kier alpha value is -2.12. The minimum Gasteiger partial charge on any atom is -0.481 e. The summed E-state index contributed by atoms with van der Waals surface area (Å²) in [7, 11) is 0.